The highest BCUT2D eigenvalue weighted by Gasteiger charge is 2.10. The lowest BCUT2D eigenvalue weighted by Gasteiger charge is -2.14. The van der Waals surface area contributed by atoms with Gasteiger partial charge in [0.15, 0.2) is 0 Å². The summed E-state index contributed by atoms with van der Waals surface area (Å²) in [5, 5.41) is 3.09. The number of halogens is 2. The van der Waals surface area contributed by atoms with E-state index >= 15 is 0 Å². The molecule has 0 aliphatic rings. The Morgan fingerprint density at radius 1 is 1.41 bits per heavy atom. The van der Waals surface area contributed by atoms with Crippen molar-refractivity contribution in [2.45, 2.75) is 26.0 Å². The third-order valence-corrected chi connectivity index (χ3v) is 2.32. The molecule has 0 aliphatic heterocycles. The Morgan fingerprint density at radius 2 is 2.18 bits per heavy atom. The molecule has 1 atom stereocenters. The van der Waals surface area contributed by atoms with Crippen molar-refractivity contribution in [2.75, 3.05) is 7.05 Å². The number of benzene rings is 1. The number of rotatable bonds is 5. The fourth-order valence-corrected chi connectivity index (χ4v) is 1.50. The van der Waals surface area contributed by atoms with Gasteiger partial charge in [-0.1, -0.05) is 12.1 Å². The van der Waals surface area contributed by atoms with Gasteiger partial charge >= 0.3 is 6.61 Å². The van der Waals surface area contributed by atoms with Crippen LogP contribution in [0.15, 0.2) is 24.3 Å². The summed E-state index contributed by atoms with van der Waals surface area (Å²) >= 11 is 0. The maximum absolute atomic E-state index is 12.1. The maximum atomic E-state index is 12.1. The van der Waals surface area contributed by atoms with Crippen molar-refractivity contribution < 1.29 is 13.5 Å². The summed E-state index contributed by atoms with van der Waals surface area (Å²) in [4.78, 5) is 0. The molecule has 1 aromatic rings. The minimum atomic E-state index is -2.80. The van der Waals surface area contributed by atoms with E-state index in [-0.39, 0.29) is 11.8 Å². The molecule has 1 unspecified atom stereocenters. The van der Waals surface area contributed by atoms with E-state index in [1.54, 1.807) is 19.1 Å². The van der Waals surface area contributed by atoms with Crippen LogP contribution in [0.5, 0.6) is 5.75 Å². The molecule has 0 aliphatic carbocycles. The molecule has 2 nitrogen and oxygen atoms in total. The van der Waals surface area contributed by atoms with Crippen LogP contribution in [0.1, 0.15) is 24.9 Å². The van der Waals surface area contributed by atoms with Gasteiger partial charge in [0.2, 0.25) is 0 Å². The molecule has 0 heterocycles. The standard InChI is InChI=1S/C13H15F2NO/c1-3-4-8-12(16-2)10-6-5-7-11(9-10)17-13(14)15/h5-7,9,12-13,16H,8H2,1-2H3. The SMILES string of the molecule is CC#CCC(NC)c1cccc(OC(F)F)c1. The fraction of sp³-hybridized carbons (Fsp3) is 0.385. The Bertz CT molecular complexity index is 409. The van der Waals surface area contributed by atoms with E-state index in [2.05, 4.69) is 21.9 Å². The fourth-order valence-electron chi connectivity index (χ4n) is 1.50. The first-order valence-electron chi connectivity index (χ1n) is 5.29. The first-order chi connectivity index (χ1) is 8.17. The van der Waals surface area contributed by atoms with E-state index in [9.17, 15) is 8.78 Å². The number of ether oxygens (including phenoxy) is 1. The van der Waals surface area contributed by atoms with Crippen LogP contribution < -0.4 is 10.1 Å². The average Bonchev–Trinajstić information content (AvgIpc) is 2.30. The molecular weight excluding hydrogens is 224 g/mol. The van der Waals surface area contributed by atoms with Crippen molar-refractivity contribution in [1.29, 1.82) is 0 Å². The molecule has 92 valence electrons. The Labute approximate surface area is 100.0 Å². The Hall–Kier alpha value is -1.60. The van der Waals surface area contributed by atoms with E-state index in [1.807, 2.05) is 13.1 Å². The summed E-state index contributed by atoms with van der Waals surface area (Å²) in [5.41, 5.74) is 0.883. The van der Waals surface area contributed by atoms with Gasteiger partial charge in [0.1, 0.15) is 5.75 Å². The molecule has 4 heteroatoms. The third-order valence-electron chi connectivity index (χ3n) is 2.32. The normalized spacial score (nSPS) is 11.8. The van der Waals surface area contributed by atoms with Gasteiger partial charge in [0.25, 0.3) is 0 Å². The van der Waals surface area contributed by atoms with Gasteiger partial charge in [-0.25, -0.2) is 0 Å². The highest BCUT2D eigenvalue weighted by Crippen LogP contribution is 2.22. The Morgan fingerprint density at radius 3 is 2.76 bits per heavy atom. The Balaban J connectivity index is 2.83. The monoisotopic (exact) mass is 239 g/mol. The van der Waals surface area contributed by atoms with Crippen molar-refractivity contribution in [3.63, 3.8) is 0 Å². The largest absolute Gasteiger partial charge is 0.435 e. The number of alkyl halides is 2. The first-order valence-corrected chi connectivity index (χ1v) is 5.29. The van der Waals surface area contributed by atoms with Crippen LogP contribution in [0, 0.1) is 11.8 Å². The summed E-state index contributed by atoms with van der Waals surface area (Å²) in [6.45, 7) is -1.03. The van der Waals surface area contributed by atoms with Gasteiger partial charge in [0, 0.05) is 12.5 Å². The molecule has 0 amide bonds. The quantitative estimate of drug-likeness (QED) is 0.798. The van der Waals surface area contributed by atoms with Gasteiger partial charge in [0.05, 0.1) is 0 Å². The topological polar surface area (TPSA) is 21.3 Å². The third kappa shape index (κ3) is 4.41. The molecule has 1 rings (SSSR count). The molecular formula is C13H15F2NO. The van der Waals surface area contributed by atoms with Crippen molar-refractivity contribution in [3.8, 4) is 17.6 Å². The zero-order valence-corrected chi connectivity index (χ0v) is 9.84. The van der Waals surface area contributed by atoms with Crippen LogP contribution in [0.2, 0.25) is 0 Å². The lowest BCUT2D eigenvalue weighted by Crippen LogP contribution is -2.15. The molecule has 0 saturated carbocycles. The van der Waals surface area contributed by atoms with Crippen molar-refractivity contribution in [3.05, 3.63) is 29.8 Å². The van der Waals surface area contributed by atoms with Crippen LogP contribution in [0.4, 0.5) is 8.78 Å². The van der Waals surface area contributed by atoms with E-state index in [0.29, 0.717) is 6.42 Å². The van der Waals surface area contributed by atoms with Crippen LogP contribution in [-0.4, -0.2) is 13.7 Å². The number of hydrogen-bond acceptors (Lipinski definition) is 2. The summed E-state index contributed by atoms with van der Waals surface area (Å²) in [6, 6.07) is 6.68. The Kier molecular flexibility index (Phi) is 5.44. The predicted molar refractivity (Wildman–Crippen MR) is 62.9 cm³/mol. The summed E-state index contributed by atoms with van der Waals surface area (Å²) in [7, 11) is 1.81. The smallest absolute Gasteiger partial charge is 0.387 e. The highest BCUT2D eigenvalue weighted by atomic mass is 19.3. The maximum Gasteiger partial charge on any atom is 0.387 e. The lowest BCUT2D eigenvalue weighted by atomic mass is 10.0. The summed E-state index contributed by atoms with van der Waals surface area (Å²) < 4.78 is 28.5. The number of nitrogens with one attached hydrogen (secondary N) is 1. The average molecular weight is 239 g/mol. The zero-order chi connectivity index (χ0) is 12.7. The highest BCUT2D eigenvalue weighted by molar-refractivity contribution is 5.31. The van der Waals surface area contributed by atoms with Crippen molar-refractivity contribution in [2.24, 2.45) is 0 Å². The van der Waals surface area contributed by atoms with Gasteiger partial charge in [-0.15, -0.1) is 11.8 Å². The van der Waals surface area contributed by atoms with E-state index in [0.717, 1.165) is 5.56 Å². The lowest BCUT2D eigenvalue weighted by molar-refractivity contribution is -0.0499. The van der Waals surface area contributed by atoms with Gasteiger partial charge in [-0.3, -0.25) is 0 Å². The molecule has 17 heavy (non-hydrogen) atoms. The van der Waals surface area contributed by atoms with Crippen LogP contribution in [-0.2, 0) is 0 Å². The zero-order valence-electron chi connectivity index (χ0n) is 9.84. The van der Waals surface area contributed by atoms with E-state index in [1.165, 1.54) is 6.07 Å². The predicted octanol–water partition coefficient (Wildman–Crippen LogP) is 2.96. The van der Waals surface area contributed by atoms with Crippen molar-refractivity contribution >= 4 is 0 Å². The first kappa shape index (κ1) is 13.5. The molecule has 1 N–H and O–H groups in total. The molecule has 0 spiro atoms. The second-order valence-electron chi connectivity index (χ2n) is 3.42. The molecule has 0 bridgehead atoms. The molecule has 0 fully saturated rings. The van der Waals surface area contributed by atoms with Gasteiger partial charge in [-0.05, 0) is 31.7 Å². The molecule has 0 aromatic heterocycles. The number of hydrogen-bond donors (Lipinski definition) is 1. The minimum absolute atomic E-state index is 0.0173. The van der Waals surface area contributed by atoms with Crippen LogP contribution >= 0.6 is 0 Å². The minimum Gasteiger partial charge on any atom is -0.435 e. The van der Waals surface area contributed by atoms with Crippen molar-refractivity contribution in [1.82, 2.24) is 5.32 Å². The van der Waals surface area contributed by atoms with E-state index in [4.69, 9.17) is 0 Å². The van der Waals surface area contributed by atoms with Gasteiger partial charge < -0.3 is 10.1 Å². The second-order valence-corrected chi connectivity index (χ2v) is 3.42. The van der Waals surface area contributed by atoms with Crippen LogP contribution in [0.3, 0.4) is 0 Å². The second kappa shape index (κ2) is 6.87. The van der Waals surface area contributed by atoms with E-state index < -0.39 is 6.61 Å². The molecule has 0 saturated heterocycles. The molecule has 0 radical (unpaired) electrons. The summed E-state index contributed by atoms with van der Waals surface area (Å²) in [6.07, 6.45) is 0.630. The summed E-state index contributed by atoms with van der Waals surface area (Å²) in [5.74, 6) is 5.93. The van der Waals surface area contributed by atoms with Crippen LogP contribution in [0.25, 0.3) is 0 Å². The molecule has 1 aromatic carbocycles. The van der Waals surface area contributed by atoms with Gasteiger partial charge in [-0.2, -0.15) is 8.78 Å².